The third kappa shape index (κ3) is 5.09. The predicted octanol–water partition coefficient (Wildman–Crippen LogP) is 4.90. The molecule has 0 spiro atoms. The number of alkyl halides is 6. The second-order valence-corrected chi connectivity index (χ2v) is 7.09. The summed E-state index contributed by atoms with van der Waals surface area (Å²) in [5.74, 6) is -0.922. The van der Waals surface area contributed by atoms with Gasteiger partial charge in [-0.15, -0.1) is 0 Å². The van der Waals surface area contributed by atoms with Crippen LogP contribution in [0.2, 0.25) is 0 Å². The van der Waals surface area contributed by atoms with Crippen molar-refractivity contribution in [3.8, 4) is 17.9 Å². The van der Waals surface area contributed by atoms with E-state index in [1.54, 1.807) is 0 Å². The topological polar surface area (TPSA) is 68.8 Å². The first-order valence-electron chi connectivity index (χ1n) is 9.10. The van der Waals surface area contributed by atoms with Crippen LogP contribution in [0.3, 0.4) is 0 Å². The Labute approximate surface area is 173 Å². The van der Waals surface area contributed by atoms with E-state index >= 15 is 0 Å². The molecular weight excluding hydrogens is 424 g/mol. The summed E-state index contributed by atoms with van der Waals surface area (Å²) in [7, 11) is 0. The molecular formula is C21H15F6N3O. The van der Waals surface area contributed by atoms with Crippen molar-refractivity contribution in [2.24, 2.45) is 0 Å². The molecule has 3 rings (SSSR count). The summed E-state index contributed by atoms with van der Waals surface area (Å²) >= 11 is 0. The Morgan fingerprint density at radius 3 is 2.19 bits per heavy atom. The van der Waals surface area contributed by atoms with Crippen LogP contribution in [0, 0.1) is 22.7 Å². The van der Waals surface area contributed by atoms with Crippen molar-refractivity contribution >= 4 is 0 Å². The molecule has 1 heterocycles. The molecule has 1 unspecified atom stereocenters. The van der Waals surface area contributed by atoms with Crippen molar-refractivity contribution in [3.63, 3.8) is 0 Å². The molecule has 162 valence electrons. The number of ether oxygens (including phenoxy) is 1. The number of nitrogens with one attached hydrogen (secondary N) is 1. The van der Waals surface area contributed by atoms with Crippen molar-refractivity contribution in [2.75, 3.05) is 6.61 Å². The molecule has 0 saturated carbocycles. The van der Waals surface area contributed by atoms with Gasteiger partial charge in [0, 0.05) is 12.0 Å². The summed E-state index contributed by atoms with van der Waals surface area (Å²) in [6.07, 6.45) is -9.66. The number of hydrogen-bond donors (Lipinski definition) is 1. The van der Waals surface area contributed by atoms with Crippen molar-refractivity contribution in [1.29, 1.82) is 10.5 Å². The van der Waals surface area contributed by atoms with E-state index in [0.29, 0.717) is 17.4 Å². The molecule has 10 heteroatoms. The standard InChI is InChI=1S/C21H15F6N3O/c22-20(23,24)18-7-13(3-4-14(18)10-29)17-8-15(30-19(17)21(25,26)27)11-31-16-5-1-12(9-28)2-6-16/h1-7,15,17,19,30H,8,11H2/t15-,17?,19-/m0/s1. The van der Waals surface area contributed by atoms with Gasteiger partial charge in [-0.25, -0.2) is 0 Å². The Morgan fingerprint density at radius 2 is 1.65 bits per heavy atom. The summed E-state index contributed by atoms with van der Waals surface area (Å²) in [6, 6.07) is 9.16. The number of halogens is 6. The van der Waals surface area contributed by atoms with E-state index in [2.05, 4.69) is 5.32 Å². The Bertz CT molecular complexity index is 1020. The summed E-state index contributed by atoms with van der Waals surface area (Å²) < 4.78 is 86.0. The fraction of sp³-hybridized carbons (Fsp3) is 0.333. The van der Waals surface area contributed by atoms with Gasteiger partial charge in [-0.3, -0.25) is 5.32 Å². The third-order valence-electron chi connectivity index (χ3n) is 5.04. The van der Waals surface area contributed by atoms with Crippen molar-refractivity contribution in [2.45, 2.75) is 36.8 Å². The van der Waals surface area contributed by atoms with E-state index in [9.17, 15) is 26.3 Å². The van der Waals surface area contributed by atoms with Crippen LogP contribution in [0.4, 0.5) is 26.3 Å². The van der Waals surface area contributed by atoms with Crippen LogP contribution in [0.25, 0.3) is 0 Å². The SMILES string of the molecule is N#Cc1ccc(OC[C@@H]2CC(c3ccc(C#N)c(C(F)(F)F)c3)[C@@H](C(F)(F)F)N2)cc1. The lowest BCUT2D eigenvalue weighted by Gasteiger charge is -2.23. The summed E-state index contributed by atoms with van der Waals surface area (Å²) in [5, 5.41) is 20.1. The van der Waals surface area contributed by atoms with Gasteiger partial charge in [-0.1, -0.05) is 6.07 Å². The van der Waals surface area contributed by atoms with Gasteiger partial charge in [-0.2, -0.15) is 36.9 Å². The van der Waals surface area contributed by atoms with E-state index in [1.165, 1.54) is 30.3 Å². The highest BCUT2D eigenvalue weighted by Gasteiger charge is 2.51. The van der Waals surface area contributed by atoms with E-state index in [4.69, 9.17) is 15.3 Å². The van der Waals surface area contributed by atoms with Gasteiger partial charge in [0.15, 0.2) is 0 Å². The summed E-state index contributed by atoms with van der Waals surface area (Å²) in [5.41, 5.74) is -1.66. The van der Waals surface area contributed by atoms with E-state index in [-0.39, 0.29) is 18.6 Å². The molecule has 4 nitrogen and oxygen atoms in total. The first-order chi connectivity index (χ1) is 14.5. The zero-order valence-electron chi connectivity index (χ0n) is 15.8. The second-order valence-electron chi connectivity index (χ2n) is 7.09. The normalized spacial score (nSPS) is 21.4. The zero-order valence-corrected chi connectivity index (χ0v) is 15.8. The molecule has 0 aromatic heterocycles. The van der Waals surface area contributed by atoms with E-state index in [0.717, 1.165) is 12.1 Å². The van der Waals surface area contributed by atoms with Crippen LogP contribution in [-0.4, -0.2) is 24.9 Å². The van der Waals surface area contributed by atoms with Crippen LogP contribution < -0.4 is 10.1 Å². The van der Waals surface area contributed by atoms with Gasteiger partial charge in [0.05, 0.1) is 28.8 Å². The van der Waals surface area contributed by atoms with Gasteiger partial charge in [0.2, 0.25) is 0 Å². The van der Waals surface area contributed by atoms with Gasteiger partial charge in [0.1, 0.15) is 18.4 Å². The number of nitriles is 2. The monoisotopic (exact) mass is 439 g/mol. The quantitative estimate of drug-likeness (QED) is 0.688. The Balaban J connectivity index is 1.82. The minimum absolute atomic E-state index is 0.107. The molecule has 3 atom stereocenters. The summed E-state index contributed by atoms with van der Waals surface area (Å²) in [4.78, 5) is 0. The fourth-order valence-electron chi connectivity index (χ4n) is 3.60. The van der Waals surface area contributed by atoms with Crippen LogP contribution in [0.15, 0.2) is 42.5 Å². The molecule has 0 aliphatic carbocycles. The van der Waals surface area contributed by atoms with E-state index in [1.807, 2.05) is 6.07 Å². The van der Waals surface area contributed by atoms with Crippen LogP contribution >= 0.6 is 0 Å². The average Bonchev–Trinajstić information content (AvgIpc) is 3.16. The number of benzene rings is 2. The predicted molar refractivity (Wildman–Crippen MR) is 96.9 cm³/mol. The van der Waals surface area contributed by atoms with Crippen molar-refractivity contribution in [3.05, 3.63) is 64.7 Å². The minimum atomic E-state index is -4.86. The first-order valence-corrected chi connectivity index (χ1v) is 9.10. The van der Waals surface area contributed by atoms with Gasteiger partial charge in [0.25, 0.3) is 0 Å². The van der Waals surface area contributed by atoms with Crippen LogP contribution in [-0.2, 0) is 6.18 Å². The van der Waals surface area contributed by atoms with Gasteiger partial charge in [-0.05, 0) is 48.4 Å². The number of rotatable bonds is 4. The molecule has 2 aromatic carbocycles. The lowest BCUT2D eigenvalue weighted by molar-refractivity contribution is -0.156. The lowest BCUT2D eigenvalue weighted by Crippen LogP contribution is -2.44. The smallest absolute Gasteiger partial charge is 0.417 e. The maximum atomic E-state index is 13.6. The molecule has 0 amide bonds. The second kappa shape index (κ2) is 8.48. The van der Waals surface area contributed by atoms with Gasteiger partial charge < -0.3 is 4.74 Å². The Hall–Kier alpha value is -3.24. The number of hydrogen-bond acceptors (Lipinski definition) is 4. The van der Waals surface area contributed by atoms with Crippen molar-refractivity contribution < 1.29 is 31.1 Å². The molecule has 31 heavy (non-hydrogen) atoms. The Morgan fingerprint density at radius 1 is 0.968 bits per heavy atom. The maximum Gasteiger partial charge on any atom is 0.417 e. The Kier molecular flexibility index (Phi) is 6.14. The highest BCUT2D eigenvalue weighted by Crippen LogP contribution is 2.42. The van der Waals surface area contributed by atoms with Crippen molar-refractivity contribution in [1.82, 2.24) is 5.32 Å². The largest absolute Gasteiger partial charge is 0.492 e. The molecule has 1 saturated heterocycles. The maximum absolute atomic E-state index is 13.6. The fourth-order valence-corrected chi connectivity index (χ4v) is 3.60. The molecule has 1 aliphatic rings. The number of nitrogens with zero attached hydrogens (tertiary/aromatic N) is 2. The highest BCUT2D eigenvalue weighted by molar-refractivity contribution is 5.44. The van der Waals surface area contributed by atoms with E-state index < -0.39 is 41.5 Å². The van der Waals surface area contributed by atoms with Crippen LogP contribution in [0.5, 0.6) is 5.75 Å². The highest BCUT2D eigenvalue weighted by atomic mass is 19.4. The van der Waals surface area contributed by atoms with Gasteiger partial charge >= 0.3 is 12.4 Å². The molecule has 2 aromatic rings. The minimum Gasteiger partial charge on any atom is -0.492 e. The third-order valence-corrected chi connectivity index (χ3v) is 5.04. The molecule has 1 aliphatic heterocycles. The molecule has 0 radical (unpaired) electrons. The molecule has 1 fully saturated rings. The first kappa shape index (κ1) is 22.4. The van der Waals surface area contributed by atoms with Crippen LogP contribution in [0.1, 0.15) is 34.6 Å². The molecule has 1 N–H and O–H groups in total. The average molecular weight is 439 g/mol. The molecule has 0 bridgehead atoms. The summed E-state index contributed by atoms with van der Waals surface area (Å²) in [6.45, 7) is -0.141. The zero-order chi connectivity index (χ0) is 22.8. The lowest BCUT2D eigenvalue weighted by atomic mass is 9.88.